The van der Waals surface area contributed by atoms with Gasteiger partial charge < -0.3 is 15.4 Å². The summed E-state index contributed by atoms with van der Waals surface area (Å²) >= 11 is 3.46. The molecule has 0 spiro atoms. The van der Waals surface area contributed by atoms with Gasteiger partial charge in [-0.15, -0.1) is 0 Å². The van der Waals surface area contributed by atoms with Crippen LogP contribution in [0.3, 0.4) is 0 Å². The first-order valence-corrected chi connectivity index (χ1v) is 10.3. The van der Waals surface area contributed by atoms with Crippen LogP contribution in [0.1, 0.15) is 16.8 Å². The predicted molar refractivity (Wildman–Crippen MR) is 122 cm³/mol. The molecule has 0 unspecified atom stereocenters. The fraction of sp³-hybridized carbons (Fsp3) is 0.273. The Hall–Kier alpha value is -2.64. The number of hydrogen-bond acceptors (Lipinski definition) is 5. The van der Waals surface area contributed by atoms with E-state index < -0.39 is 0 Å². The maximum atomic E-state index is 5.83. The summed E-state index contributed by atoms with van der Waals surface area (Å²) in [6, 6.07) is 10.1. The highest BCUT2D eigenvalue weighted by Crippen LogP contribution is 2.21. The molecule has 1 fully saturated rings. The number of halogens is 1. The van der Waals surface area contributed by atoms with Crippen LogP contribution in [0, 0.1) is 13.8 Å². The Bertz CT molecular complexity index is 967. The summed E-state index contributed by atoms with van der Waals surface area (Å²) in [4.78, 5) is 6.78. The number of ether oxygens (including phenoxy) is 1. The van der Waals surface area contributed by atoms with Crippen molar-refractivity contribution >= 4 is 33.5 Å². The number of aryl methyl sites for hydroxylation is 2. The topological polar surface area (TPSA) is 68.7 Å². The second-order valence-electron chi connectivity index (χ2n) is 6.86. The third-order valence-corrected chi connectivity index (χ3v) is 4.99. The van der Waals surface area contributed by atoms with Gasteiger partial charge in [0.1, 0.15) is 10.4 Å². The van der Waals surface area contributed by atoms with Gasteiger partial charge in [0.15, 0.2) is 0 Å². The van der Waals surface area contributed by atoms with Gasteiger partial charge in [-0.25, -0.2) is 4.68 Å². The minimum Gasteiger partial charge on any atom is -0.404 e. The zero-order chi connectivity index (χ0) is 20.8. The van der Waals surface area contributed by atoms with Gasteiger partial charge in [-0.1, -0.05) is 36.4 Å². The Balaban J connectivity index is 1.87. The zero-order valence-corrected chi connectivity index (χ0v) is 18.4. The van der Waals surface area contributed by atoms with Crippen molar-refractivity contribution < 1.29 is 4.74 Å². The first-order valence-electron chi connectivity index (χ1n) is 9.47. The zero-order valence-electron chi connectivity index (χ0n) is 16.8. The molecular formula is C22H26BrN5O. The lowest BCUT2D eigenvalue weighted by molar-refractivity contribution is 0.0611. The van der Waals surface area contributed by atoms with Crippen LogP contribution in [-0.4, -0.2) is 47.2 Å². The average molecular weight is 456 g/mol. The summed E-state index contributed by atoms with van der Waals surface area (Å²) in [7, 11) is 0. The van der Waals surface area contributed by atoms with E-state index in [1.807, 2.05) is 35.9 Å². The smallest absolute Gasteiger partial charge is 0.132 e. The number of aromatic nitrogens is 2. The molecule has 1 aliphatic heterocycles. The number of benzene rings is 1. The van der Waals surface area contributed by atoms with Crippen molar-refractivity contribution in [3.05, 3.63) is 76.3 Å². The van der Waals surface area contributed by atoms with Crippen molar-refractivity contribution in [3.63, 3.8) is 0 Å². The number of nitrogens with two attached hydrogens (primary N) is 1. The van der Waals surface area contributed by atoms with Crippen molar-refractivity contribution in [2.75, 3.05) is 26.3 Å². The standard InChI is InChI=1S/C22H26BrN5O/c1-16-5-4-6-19(11-16)20(14-24)15-25-17(2)12-22(27-7-9-29-10-8-27)28-18(3)13-21(23)26-28/h4-6,11-15H,2,7-10,24H2,1,3H3/b20-14+,22-12-,25-15?. The molecule has 1 aromatic carbocycles. The molecule has 152 valence electrons. The van der Waals surface area contributed by atoms with E-state index in [4.69, 9.17) is 10.5 Å². The number of morpholine rings is 1. The predicted octanol–water partition coefficient (Wildman–Crippen LogP) is 3.98. The highest BCUT2D eigenvalue weighted by atomic mass is 79.9. The van der Waals surface area contributed by atoms with Gasteiger partial charge >= 0.3 is 0 Å². The molecule has 0 bridgehead atoms. The van der Waals surface area contributed by atoms with Crippen LogP contribution < -0.4 is 5.73 Å². The summed E-state index contributed by atoms with van der Waals surface area (Å²) in [5.41, 5.74) is 10.5. The largest absolute Gasteiger partial charge is 0.404 e. The molecule has 0 aliphatic carbocycles. The monoisotopic (exact) mass is 455 g/mol. The van der Waals surface area contributed by atoms with Crippen molar-refractivity contribution in [1.82, 2.24) is 14.7 Å². The van der Waals surface area contributed by atoms with Crippen LogP contribution in [0.2, 0.25) is 0 Å². The Morgan fingerprint density at radius 2 is 2.03 bits per heavy atom. The molecule has 0 radical (unpaired) electrons. The summed E-state index contributed by atoms with van der Waals surface area (Å²) < 4.78 is 8.18. The van der Waals surface area contributed by atoms with Gasteiger partial charge in [0.2, 0.25) is 0 Å². The van der Waals surface area contributed by atoms with Gasteiger partial charge in [-0.2, -0.15) is 5.10 Å². The van der Waals surface area contributed by atoms with Gasteiger partial charge in [-0.05, 0) is 41.4 Å². The van der Waals surface area contributed by atoms with Crippen LogP contribution in [0.25, 0.3) is 11.4 Å². The van der Waals surface area contributed by atoms with Crippen molar-refractivity contribution in [3.8, 4) is 0 Å². The minimum atomic E-state index is 0.615. The lowest BCUT2D eigenvalue weighted by Crippen LogP contribution is -2.37. The number of hydrogen-bond donors (Lipinski definition) is 1. The van der Waals surface area contributed by atoms with Gasteiger partial charge in [-0.3, -0.25) is 4.99 Å². The molecule has 1 aromatic heterocycles. The molecule has 2 heterocycles. The molecule has 3 rings (SSSR count). The molecule has 0 amide bonds. The Kier molecular flexibility index (Phi) is 7.06. The van der Waals surface area contributed by atoms with E-state index in [2.05, 4.69) is 56.6 Å². The Morgan fingerprint density at radius 1 is 1.28 bits per heavy atom. The number of allylic oxidation sites excluding steroid dienone is 2. The van der Waals surface area contributed by atoms with E-state index in [0.29, 0.717) is 18.9 Å². The summed E-state index contributed by atoms with van der Waals surface area (Å²) in [5.74, 6) is 0.924. The molecule has 7 heteroatoms. The quantitative estimate of drug-likeness (QED) is 0.528. The summed E-state index contributed by atoms with van der Waals surface area (Å²) in [6.45, 7) is 11.1. The van der Waals surface area contributed by atoms with E-state index in [0.717, 1.165) is 40.3 Å². The number of rotatable bonds is 6. The van der Waals surface area contributed by atoms with Crippen LogP contribution in [0.4, 0.5) is 0 Å². The fourth-order valence-electron chi connectivity index (χ4n) is 3.12. The average Bonchev–Trinajstić information content (AvgIpc) is 3.05. The number of aliphatic imine (C=N–C) groups is 1. The van der Waals surface area contributed by atoms with Crippen molar-refractivity contribution in [2.45, 2.75) is 13.8 Å². The summed E-state index contributed by atoms with van der Waals surface area (Å²) in [6.07, 6.45) is 5.25. The molecule has 2 N–H and O–H groups in total. The van der Waals surface area contributed by atoms with Crippen LogP contribution in [-0.2, 0) is 4.74 Å². The van der Waals surface area contributed by atoms with Gasteiger partial charge in [0.25, 0.3) is 0 Å². The van der Waals surface area contributed by atoms with Crippen LogP contribution >= 0.6 is 15.9 Å². The van der Waals surface area contributed by atoms with Gasteiger partial charge in [0.05, 0.1) is 18.9 Å². The van der Waals surface area contributed by atoms with E-state index in [9.17, 15) is 0 Å². The van der Waals surface area contributed by atoms with Crippen molar-refractivity contribution in [2.24, 2.45) is 10.7 Å². The molecule has 0 atom stereocenters. The molecule has 29 heavy (non-hydrogen) atoms. The van der Waals surface area contributed by atoms with E-state index in [1.54, 1.807) is 12.4 Å². The number of nitrogens with zero attached hydrogens (tertiary/aromatic N) is 4. The second-order valence-corrected chi connectivity index (χ2v) is 7.68. The molecule has 6 nitrogen and oxygen atoms in total. The second kappa shape index (κ2) is 9.71. The van der Waals surface area contributed by atoms with Crippen LogP contribution in [0.15, 0.2) is 64.5 Å². The molecule has 2 aromatic rings. The third-order valence-electron chi connectivity index (χ3n) is 4.61. The van der Waals surface area contributed by atoms with E-state index in [1.165, 1.54) is 5.56 Å². The van der Waals surface area contributed by atoms with E-state index in [-0.39, 0.29) is 0 Å². The highest BCUT2D eigenvalue weighted by Gasteiger charge is 2.18. The highest BCUT2D eigenvalue weighted by molar-refractivity contribution is 9.10. The lowest BCUT2D eigenvalue weighted by atomic mass is 10.1. The van der Waals surface area contributed by atoms with Crippen molar-refractivity contribution in [1.29, 1.82) is 0 Å². The third kappa shape index (κ3) is 5.46. The molecule has 1 aliphatic rings. The first-order chi connectivity index (χ1) is 14.0. The Morgan fingerprint density at radius 3 is 2.66 bits per heavy atom. The van der Waals surface area contributed by atoms with Crippen LogP contribution in [0.5, 0.6) is 0 Å². The first kappa shape index (κ1) is 21.1. The maximum absolute atomic E-state index is 5.83. The maximum Gasteiger partial charge on any atom is 0.132 e. The molecule has 1 saturated heterocycles. The lowest BCUT2D eigenvalue weighted by Gasteiger charge is -2.31. The fourth-order valence-corrected chi connectivity index (χ4v) is 3.61. The SMILES string of the molecule is C=C(/C=C(/N1CCOCC1)n1nc(Br)cc1C)N=C/C(=C\N)c1cccc(C)c1. The minimum absolute atomic E-state index is 0.615. The normalized spacial score (nSPS) is 15.9. The Labute approximate surface area is 180 Å². The molecular weight excluding hydrogens is 430 g/mol. The van der Waals surface area contributed by atoms with E-state index >= 15 is 0 Å². The van der Waals surface area contributed by atoms with Gasteiger partial charge in [0, 0.05) is 42.8 Å². The summed E-state index contributed by atoms with van der Waals surface area (Å²) in [5, 5.41) is 4.57. The molecule has 0 saturated carbocycles.